The number of carbonyl (C=O) groups excluding carboxylic acids is 1. The second kappa shape index (κ2) is 10.4. The molecule has 6 nitrogen and oxygen atoms in total. The number of carbonyl (C=O) groups is 1. The van der Waals surface area contributed by atoms with Gasteiger partial charge in [0.05, 0.1) is 12.1 Å². The summed E-state index contributed by atoms with van der Waals surface area (Å²) in [5.74, 6) is 0.684. The van der Waals surface area contributed by atoms with Crippen molar-refractivity contribution >= 4 is 51.2 Å². The highest BCUT2D eigenvalue weighted by Crippen LogP contribution is 2.30. The van der Waals surface area contributed by atoms with E-state index in [-0.39, 0.29) is 12.3 Å². The van der Waals surface area contributed by atoms with E-state index in [2.05, 4.69) is 25.8 Å². The number of anilines is 2. The number of hydrogen-bond acceptors (Lipinski definition) is 8. The molecule has 0 bridgehead atoms. The molecule has 1 aromatic carbocycles. The zero-order valence-corrected chi connectivity index (χ0v) is 19.3. The molecular formula is C21H25N5OS3. The summed E-state index contributed by atoms with van der Waals surface area (Å²) in [6.07, 6.45) is 6.68. The van der Waals surface area contributed by atoms with Crippen LogP contribution in [-0.4, -0.2) is 27.1 Å². The van der Waals surface area contributed by atoms with Crippen LogP contribution < -0.4 is 10.6 Å². The van der Waals surface area contributed by atoms with Crippen molar-refractivity contribution < 1.29 is 4.79 Å². The molecule has 2 aromatic heterocycles. The molecular weight excluding hydrogens is 434 g/mol. The van der Waals surface area contributed by atoms with Gasteiger partial charge in [-0.2, -0.15) is 0 Å². The summed E-state index contributed by atoms with van der Waals surface area (Å²) in [5.41, 5.74) is 2.95. The van der Waals surface area contributed by atoms with Crippen molar-refractivity contribution in [3.05, 3.63) is 45.9 Å². The Morgan fingerprint density at radius 3 is 2.77 bits per heavy atom. The van der Waals surface area contributed by atoms with Crippen molar-refractivity contribution in [2.45, 2.75) is 61.6 Å². The van der Waals surface area contributed by atoms with E-state index in [0.717, 1.165) is 31.6 Å². The van der Waals surface area contributed by atoms with Crippen LogP contribution in [0.4, 0.5) is 10.8 Å². The van der Waals surface area contributed by atoms with Crippen LogP contribution in [0.1, 0.15) is 48.4 Å². The fourth-order valence-corrected chi connectivity index (χ4v) is 5.98. The monoisotopic (exact) mass is 459 g/mol. The molecule has 3 aromatic rings. The number of amides is 1. The molecule has 1 amide bonds. The summed E-state index contributed by atoms with van der Waals surface area (Å²) in [7, 11) is 0. The molecule has 0 spiro atoms. The summed E-state index contributed by atoms with van der Waals surface area (Å²) in [5, 5.41) is 18.8. The molecule has 9 heteroatoms. The van der Waals surface area contributed by atoms with Crippen LogP contribution in [-0.2, 0) is 17.0 Å². The van der Waals surface area contributed by atoms with E-state index in [1.54, 1.807) is 23.1 Å². The predicted molar refractivity (Wildman–Crippen MR) is 126 cm³/mol. The summed E-state index contributed by atoms with van der Waals surface area (Å²) >= 11 is 4.77. The second-order valence-corrected chi connectivity index (χ2v) is 10.6. The standard InChI is InChI=1S/C21H25N5OS3/c1-14-7-9-16(10-8-14)22-18(27)11-19-23-17(12-28-19)13-29-21-26-25-20(30-21)24-15-5-3-2-4-6-15/h7-10,12,15H,2-6,11,13H2,1H3,(H,22,27)(H,24,25). The van der Waals surface area contributed by atoms with Crippen LogP contribution in [0, 0.1) is 6.92 Å². The van der Waals surface area contributed by atoms with Crippen molar-refractivity contribution in [2.24, 2.45) is 0 Å². The number of rotatable bonds is 8. The number of hydrogen-bond donors (Lipinski definition) is 2. The van der Waals surface area contributed by atoms with E-state index in [0.29, 0.717) is 6.04 Å². The van der Waals surface area contributed by atoms with Gasteiger partial charge in [0.2, 0.25) is 11.0 Å². The average Bonchev–Trinajstić information content (AvgIpc) is 3.38. The van der Waals surface area contributed by atoms with Gasteiger partial charge in [-0.1, -0.05) is 60.1 Å². The van der Waals surface area contributed by atoms with Crippen LogP contribution >= 0.6 is 34.4 Å². The summed E-state index contributed by atoms with van der Waals surface area (Å²) in [4.78, 5) is 16.8. The molecule has 0 unspecified atom stereocenters. The molecule has 1 saturated carbocycles. The van der Waals surface area contributed by atoms with Gasteiger partial charge in [0.15, 0.2) is 4.34 Å². The Hall–Kier alpha value is -1.97. The van der Waals surface area contributed by atoms with Gasteiger partial charge < -0.3 is 10.6 Å². The van der Waals surface area contributed by atoms with E-state index < -0.39 is 0 Å². The average molecular weight is 460 g/mol. The first-order valence-corrected chi connectivity index (χ1v) is 12.8. The van der Waals surface area contributed by atoms with Crippen LogP contribution in [0.15, 0.2) is 34.0 Å². The summed E-state index contributed by atoms with van der Waals surface area (Å²) in [6.45, 7) is 2.02. The van der Waals surface area contributed by atoms with Crippen molar-refractivity contribution in [3.8, 4) is 0 Å². The quantitative estimate of drug-likeness (QED) is 0.432. The molecule has 1 aliphatic carbocycles. The first-order chi connectivity index (χ1) is 14.6. The molecule has 0 aliphatic heterocycles. The number of aryl methyl sites for hydroxylation is 1. The number of nitrogens with zero attached hydrogens (tertiary/aromatic N) is 3. The molecule has 4 rings (SSSR count). The Balaban J connectivity index is 1.23. The lowest BCUT2D eigenvalue weighted by molar-refractivity contribution is -0.115. The van der Waals surface area contributed by atoms with Crippen LogP contribution in [0.2, 0.25) is 0 Å². The van der Waals surface area contributed by atoms with Crippen LogP contribution in [0.25, 0.3) is 0 Å². The molecule has 0 radical (unpaired) electrons. The van der Waals surface area contributed by atoms with Gasteiger partial charge >= 0.3 is 0 Å². The highest BCUT2D eigenvalue weighted by Gasteiger charge is 2.15. The minimum absolute atomic E-state index is 0.0463. The first kappa shape index (κ1) is 21.3. The third-order valence-electron chi connectivity index (χ3n) is 4.93. The number of thiazole rings is 1. The van der Waals surface area contributed by atoms with Gasteiger partial charge in [0.25, 0.3) is 0 Å². The van der Waals surface area contributed by atoms with E-state index in [9.17, 15) is 4.79 Å². The SMILES string of the molecule is Cc1ccc(NC(=O)Cc2nc(CSc3nnc(NC4CCCCC4)s3)cs2)cc1. The Kier molecular flexibility index (Phi) is 7.35. The number of benzene rings is 1. The number of nitrogens with one attached hydrogen (secondary N) is 2. The fraction of sp³-hybridized carbons (Fsp3) is 0.429. The van der Waals surface area contributed by atoms with Gasteiger partial charge in [-0.25, -0.2) is 4.98 Å². The van der Waals surface area contributed by atoms with Crippen molar-refractivity contribution in [1.29, 1.82) is 0 Å². The third kappa shape index (κ3) is 6.26. The second-order valence-electron chi connectivity index (χ2n) is 7.46. The lowest BCUT2D eigenvalue weighted by Gasteiger charge is -2.21. The van der Waals surface area contributed by atoms with Gasteiger partial charge in [-0.05, 0) is 31.9 Å². The maximum absolute atomic E-state index is 12.2. The Bertz CT molecular complexity index is 963. The minimum Gasteiger partial charge on any atom is -0.357 e. The number of aromatic nitrogens is 3. The van der Waals surface area contributed by atoms with Crippen molar-refractivity contribution in [1.82, 2.24) is 15.2 Å². The van der Waals surface area contributed by atoms with Gasteiger partial charge in [-0.15, -0.1) is 21.5 Å². The Morgan fingerprint density at radius 1 is 1.17 bits per heavy atom. The summed E-state index contributed by atoms with van der Waals surface area (Å²) < 4.78 is 0.944. The Morgan fingerprint density at radius 2 is 1.97 bits per heavy atom. The van der Waals surface area contributed by atoms with Crippen LogP contribution in [0.5, 0.6) is 0 Å². The molecule has 1 fully saturated rings. The van der Waals surface area contributed by atoms with Crippen LogP contribution in [0.3, 0.4) is 0 Å². The molecule has 30 heavy (non-hydrogen) atoms. The van der Waals surface area contributed by atoms with Gasteiger partial charge in [0, 0.05) is 22.9 Å². The topological polar surface area (TPSA) is 79.8 Å². The highest BCUT2D eigenvalue weighted by molar-refractivity contribution is 8.00. The van der Waals surface area contributed by atoms with E-state index in [4.69, 9.17) is 0 Å². The maximum atomic E-state index is 12.2. The molecule has 2 heterocycles. The largest absolute Gasteiger partial charge is 0.357 e. The smallest absolute Gasteiger partial charge is 0.231 e. The van der Waals surface area contributed by atoms with E-state index in [1.165, 1.54) is 49.0 Å². The normalized spacial score (nSPS) is 14.6. The molecule has 158 valence electrons. The number of thioether (sulfide) groups is 1. The lowest BCUT2D eigenvalue weighted by Crippen LogP contribution is -2.21. The zero-order valence-electron chi connectivity index (χ0n) is 16.9. The third-order valence-corrected chi connectivity index (χ3v) is 7.85. The molecule has 2 N–H and O–H groups in total. The summed E-state index contributed by atoms with van der Waals surface area (Å²) in [6, 6.07) is 8.33. The van der Waals surface area contributed by atoms with Gasteiger partial charge in [-0.3, -0.25) is 4.79 Å². The Labute approximate surface area is 188 Å². The maximum Gasteiger partial charge on any atom is 0.231 e. The van der Waals surface area contributed by atoms with E-state index >= 15 is 0 Å². The van der Waals surface area contributed by atoms with Crippen molar-refractivity contribution in [2.75, 3.05) is 10.6 Å². The minimum atomic E-state index is -0.0463. The van der Waals surface area contributed by atoms with Gasteiger partial charge in [0.1, 0.15) is 5.01 Å². The predicted octanol–water partition coefficient (Wildman–Crippen LogP) is 5.52. The van der Waals surface area contributed by atoms with E-state index in [1.807, 2.05) is 36.6 Å². The lowest BCUT2D eigenvalue weighted by atomic mass is 9.96. The zero-order chi connectivity index (χ0) is 20.8. The van der Waals surface area contributed by atoms with Crippen molar-refractivity contribution in [3.63, 3.8) is 0 Å². The fourth-order valence-electron chi connectivity index (χ4n) is 3.36. The molecule has 0 atom stereocenters. The highest BCUT2D eigenvalue weighted by atomic mass is 32.2. The molecule has 1 aliphatic rings. The first-order valence-electron chi connectivity index (χ1n) is 10.2. The molecule has 0 saturated heterocycles.